The van der Waals surface area contributed by atoms with Gasteiger partial charge in [-0.2, -0.15) is 0 Å². The number of amides is 1. The maximum absolute atomic E-state index is 11.3. The van der Waals surface area contributed by atoms with Crippen LogP contribution in [-0.2, 0) is 11.2 Å². The van der Waals surface area contributed by atoms with E-state index in [0.29, 0.717) is 12.2 Å². The van der Waals surface area contributed by atoms with Gasteiger partial charge in [-0.05, 0) is 31.0 Å². The highest BCUT2D eigenvalue weighted by Gasteiger charge is 2.06. The van der Waals surface area contributed by atoms with E-state index < -0.39 is 6.09 Å². The first-order valence-corrected chi connectivity index (χ1v) is 5.46. The summed E-state index contributed by atoms with van der Waals surface area (Å²) in [6.07, 6.45) is 0.857. The van der Waals surface area contributed by atoms with Crippen molar-refractivity contribution in [2.45, 2.75) is 19.8 Å². The Labute approximate surface area is 101 Å². The fourth-order valence-electron chi connectivity index (χ4n) is 1.24. The molecule has 0 spiro atoms. The van der Waals surface area contributed by atoms with Gasteiger partial charge in [0, 0.05) is 20.5 Å². The summed E-state index contributed by atoms with van der Waals surface area (Å²) in [6, 6.07) is 7.19. The van der Waals surface area contributed by atoms with Crippen molar-refractivity contribution in [3.63, 3.8) is 0 Å². The molecule has 1 rings (SSSR count). The molecule has 0 heterocycles. The maximum Gasteiger partial charge on any atom is 0.414 e. The van der Waals surface area contributed by atoms with Crippen LogP contribution in [0, 0.1) is 0 Å². The normalized spacial score (nSPS) is 9.82. The smallest absolute Gasteiger partial charge is 0.410 e. The molecule has 0 N–H and O–H groups in total. The van der Waals surface area contributed by atoms with E-state index in [1.165, 1.54) is 4.90 Å². The van der Waals surface area contributed by atoms with E-state index in [2.05, 4.69) is 0 Å². The minimum atomic E-state index is -0.401. The second-order valence-electron chi connectivity index (χ2n) is 4.11. The Bertz CT molecular complexity index is 396. The quantitative estimate of drug-likeness (QED) is 0.804. The molecule has 0 saturated heterocycles. The van der Waals surface area contributed by atoms with Gasteiger partial charge in [0.15, 0.2) is 0 Å². The van der Waals surface area contributed by atoms with Crippen molar-refractivity contribution in [2.24, 2.45) is 0 Å². The number of aryl methyl sites for hydroxylation is 1. The molecule has 0 aliphatic carbocycles. The second kappa shape index (κ2) is 6.03. The molecule has 1 aromatic rings. The summed E-state index contributed by atoms with van der Waals surface area (Å²) < 4.78 is 5.08. The van der Waals surface area contributed by atoms with Gasteiger partial charge in [0.05, 0.1) is 0 Å². The molecule has 0 aromatic heterocycles. The van der Waals surface area contributed by atoms with Gasteiger partial charge in [-0.15, -0.1) is 0 Å². The molecular weight excluding hydrogens is 218 g/mol. The number of benzene rings is 1. The van der Waals surface area contributed by atoms with Crippen molar-refractivity contribution in [1.82, 2.24) is 4.90 Å². The van der Waals surface area contributed by atoms with E-state index in [0.717, 1.165) is 12.0 Å². The first kappa shape index (κ1) is 13.2. The molecule has 0 aliphatic heterocycles. The highest BCUT2D eigenvalue weighted by atomic mass is 16.6. The predicted octanol–water partition coefficient (Wildman–Crippen LogP) is 2.27. The molecule has 0 atom stereocenters. The average molecular weight is 235 g/mol. The van der Waals surface area contributed by atoms with Gasteiger partial charge >= 0.3 is 6.09 Å². The van der Waals surface area contributed by atoms with Crippen LogP contribution in [0.4, 0.5) is 4.79 Å². The Morgan fingerprint density at radius 3 is 2.24 bits per heavy atom. The van der Waals surface area contributed by atoms with Crippen LogP contribution in [0.1, 0.15) is 18.9 Å². The summed E-state index contributed by atoms with van der Waals surface area (Å²) in [5.41, 5.74) is 1.06. The average Bonchev–Trinajstić information content (AvgIpc) is 2.28. The molecule has 1 amide bonds. The number of carbonyl (C=O) groups excluding carboxylic acids is 2. The number of hydrogen-bond acceptors (Lipinski definition) is 3. The third-order valence-electron chi connectivity index (χ3n) is 2.26. The molecule has 0 unspecified atom stereocenters. The van der Waals surface area contributed by atoms with Gasteiger partial charge in [-0.25, -0.2) is 4.79 Å². The summed E-state index contributed by atoms with van der Waals surface area (Å²) in [5.74, 6) is 0.684. The lowest BCUT2D eigenvalue weighted by atomic mass is 10.1. The molecule has 4 nitrogen and oxygen atoms in total. The molecule has 92 valence electrons. The topological polar surface area (TPSA) is 46.6 Å². The monoisotopic (exact) mass is 235 g/mol. The van der Waals surface area contributed by atoms with Crippen LogP contribution < -0.4 is 4.74 Å². The SMILES string of the molecule is CC(=O)CCc1ccc(OC(=O)N(C)C)cc1. The molecule has 1 aromatic carbocycles. The Morgan fingerprint density at radius 1 is 1.18 bits per heavy atom. The summed E-state index contributed by atoms with van der Waals surface area (Å²) in [4.78, 5) is 23.5. The number of carbonyl (C=O) groups is 2. The minimum Gasteiger partial charge on any atom is -0.410 e. The van der Waals surface area contributed by atoms with Crippen LogP contribution in [-0.4, -0.2) is 30.9 Å². The summed E-state index contributed by atoms with van der Waals surface area (Å²) in [5, 5.41) is 0. The largest absolute Gasteiger partial charge is 0.414 e. The molecule has 0 aliphatic rings. The van der Waals surface area contributed by atoms with Crippen molar-refractivity contribution in [2.75, 3.05) is 14.1 Å². The standard InChI is InChI=1S/C13H17NO3/c1-10(15)4-5-11-6-8-12(9-7-11)17-13(16)14(2)3/h6-9H,4-5H2,1-3H3. The first-order valence-electron chi connectivity index (χ1n) is 5.46. The van der Waals surface area contributed by atoms with Gasteiger partial charge in [-0.3, -0.25) is 0 Å². The fraction of sp³-hybridized carbons (Fsp3) is 0.385. The molecule has 17 heavy (non-hydrogen) atoms. The Hall–Kier alpha value is -1.84. The van der Waals surface area contributed by atoms with E-state index in [4.69, 9.17) is 4.74 Å². The number of ketones is 1. The Kier molecular flexibility index (Phi) is 4.69. The lowest BCUT2D eigenvalue weighted by Gasteiger charge is -2.10. The van der Waals surface area contributed by atoms with Gasteiger partial charge in [-0.1, -0.05) is 12.1 Å². The number of hydrogen-bond donors (Lipinski definition) is 0. The van der Waals surface area contributed by atoms with E-state index in [-0.39, 0.29) is 5.78 Å². The van der Waals surface area contributed by atoms with Crippen molar-refractivity contribution < 1.29 is 14.3 Å². The Balaban J connectivity index is 2.56. The van der Waals surface area contributed by atoms with Crippen molar-refractivity contribution in [3.05, 3.63) is 29.8 Å². The minimum absolute atomic E-state index is 0.174. The molecule has 4 heteroatoms. The lowest BCUT2D eigenvalue weighted by molar-refractivity contribution is -0.116. The summed E-state index contributed by atoms with van der Waals surface area (Å²) >= 11 is 0. The number of nitrogens with zero attached hydrogens (tertiary/aromatic N) is 1. The summed E-state index contributed by atoms with van der Waals surface area (Å²) in [7, 11) is 3.26. The van der Waals surface area contributed by atoms with E-state index in [9.17, 15) is 9.59 Å². The van der Waals surface area contributed by atoms with Crippen LogP contribution in [0.15, 0.2) is 24.3 Å². The number of ether oxygens (including phenoxy) is 1. The van der Waals surface area contributed by atoms with Crippen LogP contribution >= 0.6 is 0 Å². The van der Waals surface area contributed by atoms with Crippen LogP contribution in [0.3, 0.4) is 0 Å². The zero-order valence-corrected chi connectivity index (χ0v) is 10.4. The third-order valence-corrected chi connectivity index (χ3v) is 2.26. The summed E-state index contributed by atoms with van der Waals surface area (Å²) in [6.45, 7) is 1.58. The van der Waals surface area contributed by atoms with Crippen LogP contribution in [0.2, 0.25) is 0 Å². The van der Waals surface area contributed by atoms with Gasteiger partial charge in [0.2, 0.25) is 0 Å². The van der Waals surface area contributed by atoms with Crippen LogP contribution in [0.25, 0.3) is 0 Å². The zero-order chi connectivity index (χ0) is 12.8. The predicted molar refractivity (Wildman–Crippen MR) is 65.2 cm³/mol. The Morgan fingerprint density at radius 2 is 1.76 bits per heavy atom. The van der Waals surface area contributed by atoms with Gasteiger partial charge < -0.3 is 14.4 Å². The highest BCUT2D eigenvalue weighted by Crippen LogP contribution is 2.14. The molecule has 0 fully saturated rings. The second-order valence-corrected chi connectivity index (χ2v) is 4.11. The van der Waals surface area contributed by atoms with Crippen LogP contribution in [0.5, 0.6) is 5.75 Å². The van der Waals surface area contributed by atoms with Crippen molar-refractivity contribution in [3.8, 4) is 5.75 Å². The molecule has 0 bridgehead atoms. The highest BCUT2D eigenvalue weighted by molar-refractivity contribution is 5.75. The molecule has 0 saturated carbocycles. The molecule has 0 radical (unpaired) electrons. The van der Waals surface area contributed by atoms with E-state index in [1.54, 1.807) is 33.2 Å². The van der Waals surface area contributed by atoms with Gasteiger partial charge in [0.25, 0.3) is 0 Å². The zero-order valence-electron chi connectivity index (χ0n) is 10.4. The van der Waals surface area contributed by atoms with Gasteiger partial charge in [0.1, 0.15) is 11.5 Å². The number of Topliss-reactive ketones (excluding diaryl/α,β-unsaturated/α-hetero) is 1. The number of rotatable bonds is 4. The van der Waals surface area contributed by atoms with Crippen molar-refractivity contribution in [1.29, 1.82) is 0 Å². The first-order chi connectivity index (χ1) is 7.99. The van der Waals surface area contributed by atoms with Crippen molar-refractivity contribution >= 4 is 11.9 Å². The fourth-order valence-corrected chi connectivity index (χ4v) is 1.24. The van der Waals surface area contributed by atoms with E-state index >= 15 is 0 Å². The third kappa shape index (κ3) is 4.68. The van der Waals surface area contributed by atoms with E-state index in [1.807, 2.05) is 12.1 Å². The lowest BCUT2D eigenvalue weighted by Crippen LogP contribution is -2.25. The molecular formula is C13H17NO3. The maximum atomic E-state index is 11.3.